The summed E-state index contributed by atoms with van der Waals surface area (Å²) in [7, 11) is -1.45. The summed E-state index contributed by atoms with van der Waals surface area (Å²) in [4.78, 5) is 23.1. The first kappa shape index (κ1) is 37.8. The van der Waals surface area contributed by atoms with Gasteiger partial charge >= 0.3 is 11.9 Å². The fraction of sp³-hybridized carbons (Fsp3) is 0.167. The lowest BCUT2D eigenvalue weighted by Crippen LogP contribution is -2.19. The second-order valence-electron chi connectivity index (χ2n) is 10.5. The third-order valence-corrected chi connectivity index (χ3v) is 10.4. The molecule has 0 bridgehead atoms. The summed E-state index contributed by atoms with van der Waals surface area (Å²) in [6.07, 6.45) is 6.17. The lowest BCUT2D eigenvalue weighted by Gasteiger charge is -2.23. The molecule has 8 nitrogen and oxygen atoms in total. The van der Waals surface area contributed by atoms with E-state index in [1.807, 2.05) is 0 Å². The minimum absolute atomic E-state index is 0.129. The summed E-state index contributed by atoms with van der Waals surface area (Å²) in [5.41, 5.74) is 1.63. The number of benzene rings is 4. The molecule has 49 heavy (non-hydrogen) atoms. The molecule has 4 aromatic carbocycles. The summed E-state index contributed by atoms with van der Waals surface area (Å²) >= 11 is 25.6. The van der Waals surface area contributed by atoms with Gasteiger partial charge in [0.15, 0.2) is 32.8 Å². The number of ether oxygens (including phenoxy) is 4. The van der Waals surface area contributed by atoms with Crippen molar-refractivity contribution in [2.45, 2.75) is 24.3 Å². The van der Waals surface area contributed by atoms with E-state index in [2.05, 4.69) is 0 Å². The van der Waals surface area contributed by atoms with Crippen molar-refractivity contribution in [3.8, 4) is 23.0 Å². The number of methoxy groups -OCH3 is 2. The fourth-order valence-electron chi connectivity index (χ4n) is 4.85. The Bertz CT molecular complexity index is 1900. The van der Waals surface area contributed by atoms with Crippen molar-refractivity contribution in [1.82, 2.24) is 0 Å². The summed E-state index contributed by atoms with van der Waals surface area (Å²) in [6, 6.07) is 18.7. The molecule has 0 fully saturated rings. The topological polar surface area (TPSA) is 105 Å². The van der Waals surface area contributed by atoms with E-state index < -0.39 is 32.3 Å². The molecule has 0 N–H and O–H groups in total. The Hall–Kier alpha value is -3.99. The molecule has 0 aliphatic heterocycles. The minimum atomic E-state index is -4.29. The lowest BCUT2D eigenvalue weighted by atomic mass is 10.1. The van der Waals surface area contributed by atoms with Crippen molar-refractivity contribution in [2.24, 2.45) is 0 Å². The molecule has 2 unspecified atom stereocenters. The number of hydrogen-bond acceptors (Lipinski definition) is 8. The molecular weight excluding hydrogens is 734 g/mol. The van der Waals surface area contributed by atoms with Crippen molar-refractivity contribution in [1.29, 1.82) is 0 Å². The zero-order valence-corrected chi connectivity index (χ0v) is 30.4. The van der Waals surface area contributed by atoms with E-state index in [-0.39, 0.29) is 44.2 Å². The Morgan fingerprint density at radius 1 is 0.592 bits per heavy atom. The summed E-state index contributed by atoms with van der Waals surface area (Å²) < 4.78 is 50.9. The summed E-state index contributed by atoms with van der Waals surface area (Å²) in [5.74, 6) is -0.0996. The zero-order valence-electron chi connectivity index (χ0n) is 26.6. The van der Waals surface area contributed by atoms with Crippen LogP contribution in [0.25, 0.3) is 12.2 Å². The normalized spacial score (nSPS) is 12.9. The average molecular weight is 765 g/mol. The molecule has 2 atom stereocenters. The maximum atomic E-state index is 14.9. The molecule has 0 aliphatic rings. The highest BCUT2D eigenvalue weighted by atomic mass is 35.5. The minimum Gasteiger partial charge on any atom is -0.493 e. The maximum Gasteiger partial charge on any atom is 0.308 e. The molecule has 256 valence electrons. The Morgan fingerprint density at radius 3 is 1.31 bits per heavy atom. The quantitative estimate of drug-likeness (QED) is 0.104. The van der Waals surface area contributed by atoms with Gasteiger partial charge in [0.25, 0.3) is 0 Å². The van der Waals surface area contributed by atoms with Crippen LogP contribution in [0.15, 0.2) is 84.9 Å². The smallest absolute Gasteiger partial charge is 0.308 e. The van der Waals surface area contributed by atoms with Gasteiger partial charge < -0.3 is 18.9 Å². The third kappa shape index (κ3) is 9.59. The first-order valence-electron chi connectivity index (χ1n) is 14.5. The zero-order chi connectivity index (χ0) is 35.9. The number of hydrogen-bond donors (Lipinski definition) is 0. The van der Waals surface area contributed by atoms with Crippen LogP contribution in [0.2, 0.25) is 20.1 Å². The summed E-state index contributed by atoms with van der Waals surface area (Å²) in [6.45, 7) is 2.54. The van der Waals surface area contributed by atoms with Gasteiger partial charge in [-0.2, -0.15) is 0 Å². The van der Waals surface area contributed by atoms with Gasteiger partial charge in [0.1, 0.15) is 10.5 Å². The van der Waals surface area contributed by atoms with Crippen molar-refractivity contribution >= 4 is 80.3 Å². The first-order chi connectivity index (χ1) is 23.2. The third-order valence-electron chi connectivity index (χ3n) is 7.06. The van der Waals surface area contributed by atoms with Crippen molar-refractivity contribution < 1.29 is 37.0 Å². The number of rotatable bonds is 12. The van der Waals surface area contributed by atoms with Crippen LogP contribution in [-0.4, -0.2) is 34.6 Å². The number of esters is 2. The Morgan fingerprint density at radius 2 is 0.980 bits per heavy atom. The SMILES string of the molecule is COc1cc(C=CC(c2ccc(Cl)cc2Cl)S(=O)(=O)C(C=Cc2ccc(OC(C)=O)c(OC)c2)c2ccc(Cl)cc2Cl)ccc1OC(C)=O. The van der Waals surface area contributed by atoms with Gasteiger partial charge in [0.2, 0.25) is 0 Å². The van der Waals surface area contributed by atoms with Gasteiger partial charge in [0.05, 0.1) is 14.2 Å². The van der Waals surface area contributed by atoms with Crippen molar-refractivity contribution in [2.75, 3.05) is 14.2 Å². The van der Waals surface area contributed by atoms with Gasteiger partial charge in [-0.05, 0) is 70.8 Å². The maximum absolute atomic E-state index is 14.9. The van der Waals surface area contributed by atoms with E-state index in [0.29, 0.717) is 21.2 Å². The number of carbonyl (C=O) groups excluding carboxylic acids is 2. The monoisotopic (exact) mass is 762 g/mol. The van der Waals surface area contributed by atoms with Crippen LogP contribution in [0.1, 0.15) is 46.6 Å². The molecule has 0 spiro atoms. The first-order valence-corrected chi connectivity index (χ1v) is 17.6. The average Bonchev–Trinajstić information content (AvgIpc) is 3.03. The lowest BCUT2D eigenvalue weighted by molar-refractivity contribution is -0.132. The molecular formula is C36H30Cl4O8S. The molecule has 0 aromatic heterocycles. The van der Waals surface area contributed by atoms with Crippen LogP contribution in [0.4, 0.5) is 0 Å². The number of sulfone groups is 1. The molecule has 13 heteroatoms. The molecule has 0 aliphatic carbocycles. The van der Waals surface area contributed by atoms with E-state index in [1.165, 1.54) is 52.4 Å². The molecule has 4 rings (SSSR count). The van der Waals surface area contributed by atoms with Crippen molar-refractivity contribution in [3.63, 3.8) is 0 Å². The Balaban J connectivity index is 1.88. The van der Waals surface area contributed by atoms with E-state index in [9.17, 15) is 18.0 Å². The van der Waals surface area contributed by atoms with Crippen LogP contribution >= 0.6 is 46.4 Å². The van der Waals surface area contributed by atoms with Crippen LogP contribution in [0.3, 0.4) is 0 Å². The van der Waals surface area contributed by atoms with Gasteiger partial charge in [-0.15, -0.1) is 0 Å². The van der Waals surface area contributed by atoms with Crippen LogP contribution in [0, 0.1) is 0 Å². The Kier molecular flexibility index (Phi) is 12.8. The van der Waals surface area contributed by atoms with E-state index >= 15 is 0 Å². The molecule has 0 amide bonds. The predicted octanol–water partition coefficient (Wildman–Crippen LogP) is 9.79. The largest absolute Gasteiger partial charge is 0.493 e. The van der Waals surface area contributed by atoms with E-state index in [4.69, 9.17) is 65.4 Å². The van der Waals surface area contributed by atoms with Gasteiger partial charge in [0, 0.05) is 33.9 Å². The Labute approximate surface area is 304 Å². The van der Waals surface area contributed by atoms with Gasteiger partial charge in [-0.3, -0.25) is 9.59 Å². The van der Waals surface area contributed by atoms with Crippen LogP contribution in [0.5, 0.6) is 23.0 Å². The van der Waals surface area contributed by atoms with Crippen molar-refractivity contribution in [3.05, 3.63) is 127 Å². The van der Waals surface area contributed by atoms with E-state index in [0.717, 1.165) is 0 Å². The number of halogens is 4. The molecule has 0 saturated carbocycles. The van der Waals surface area contributed by atoms with E-state index in [1.54, 1.807) is 72.8 Å². The molecule has 0 heterocycles. The molecule has 4 aromatic rings. The van der Waals surface area contributed by atoms with Crippen LogP contribution in [-0.2, 0) is 19.4 Å². The highest BCUT2D eigenvalue weighted by Gasteiger charge is 2.36. The fourth-order valence-corrected chi connectivity index (χ4v) is 8.07. The van der Waals surface area contributed by atoms with Gasteiger partial charge in [-0.1, -0.05) is 95.0 Å². The second kappa shape index (κ2) is 16.6. The van der Waals surface area contributed by atoms with Crippen LogP contribution < -0.4 is 18.9 Å². The second-order valence-corrected chi connectivity index (χ2v) is 14.4. The molecule has 0 radical (unpaired) electrons. The predicted molar refractivity (Wildman–Crippen MR) is 194 cm³/mol. The van der Waals surface area contributed by atoms with Gasteiger partial charge in [-0.25, -0.2) is 8.42 Å². The highest BCUT2D eigenvalue weighted by Crippen LogP contribution is 2.43. The number of carbonyl (C=O) groups is 2. The standard InChI is InChI=1S/C36H30Cl4O8S/c1-21(41)47-31-13-5-23(17-33(31)45-3)7-15-35(27-11-9-25(37)19-29(27)39)49(43,44)36(28-12-10-26(38)20-30(28)40)16-8-24-6-14-32(48-22(2)42)34(18-24)46-4/h5-20,35-36H,1-4H3. The summed E-state index contributed by atoms with van der Waals surface area (Å²) in [5, 5.41) is -1.74. The highest BCUT2D eigenvalue weighted by molar-refractivity contribution is 7.92. The molecule has 0 saturated heterocycles.